The zero-order chi connectivity index (χ0) is 8.55. The molecule has 4 nitrogen and oxygen atoms in total. The van der Waals surface area contributed by atoms with Gasteiger partial charge in [0.1, 0.15) is 0 Å². The molecule has 1 aliphatic heterocycles. The third kappa shape index (κ3) is 1.18. The Balaban J connectivity index is 2.27. The van der Waals surface area contributed by atoms with Crippen molar-refractivity contribution >= 4 is 0 Å². The molecule has 0 aliphatic carbocycles. The molecule has 1 atom stereocenters. The Hall–Kier alpha value is -1.03. The van der Waals surface area contributed by atoms with E-state index in [0.29, 0.717) is 5.92 Å². The maximum atomic E-state index is 11.1. The SMILES string of the molecule is Cn1[nH]c([C@H]2CCNC2)cc1=O. The quantitative estimate of drug-likeness (QED) is 0.608. The molecule has 0 aromatic carbocycles. The molecule has 12 heavy (non-hydrogen) atoms. The van der Waals surface area contributed by atoms with Gasteiger partial charge in [0.2, 0.25) is 0 Å². The van der Waals surface area contributed by atoms with E-state index in [1.807, 2.05) is 0 Å². The Morgan fingerprint density at radius 3 is 3.00 bits per heavy atom. The van der Waals surface area contributed by atoms with Crippen LogP contribution in [0.1, 0.15) is 18.0 Å². The minimum absolute atomic E-state index is 0.0527. The highest BCUT2D eigenvalue weighted by molar-refractivity contribution is 5.09. The average Bonchev–Trinajstić information content (AvgIpc) is 2.61. The van der Waals surface area contributed by atoms with Crippen LogP contribution in [-0.2, 0) is 7.05 Å². The van der Waals surface area contributed by atoms with Crippen molar-refractivity contribution in [3.8, 4) is 0 Å². The molecule has 2 N–H and O–H groups in total. The molecule has 0 bridgehead atoms. The molecule has 1 aliphatic rings. The summed E-state index contributed by atoms with van der Waals surface area (Å²) in [4.78, 5) is 11.1. The van der Waals surface area contributed by atoms with Crippen LogP contribution in [-0.4, -0.2) is 22.9 Å². The Kier molecular flexibility index (Phi) is 1.77. The fourth-order valence-electron chi connectivity index (χ4n) is 1.64. The molecule has 0 saturated carbocycles. The van der Waals surface area contributed by atoms with Gasteiger partial charge in [0.25, 0.3) is 5.56 Å². The highest BCUT2D eigenvalue weighted by Gasteiger charge is 2.18. The minimum atomic E-state index is 0.0527. The maximum absolute atomic E-state index is 11.1. The van der Waals surface area contributed by atoms with Crippen LogP contribution in [0, 0.1) is 0 Å². The summed E-state index contributed by atoms with van der Waals surface area (Å²) in [5, 5.41) is 6.32. The van der Waals surface area contributed by atoms with Gasteiger partial charge in [-0.1, -0.05) is 0 Å². The van der Waals surface area contributed by atoms with Gasteiger partial charge in [-0.2, -0.15) is 0 Å². The molecule has 1 aromatic rings. The summed E-state index contributed by atoms with van der Waals surface area (Å²) in [5.74, 6) is 0.499. The van der Waals surface area contributed by atoms with Gasteiger partial charge in [-0.3, -0.25) is 14.6 Å². The first-order chi connectivity index (χ1) is 5.77. The third-order valence-electron chi connectivity index (χ3n) is 2.41. The van der Waals surface area contributed by atoms with Crippen LogP contribution in [0.25, 0.3) is 0 Å². The van der Waals surface area contributed by atoms with Crippen molar-refractivity contribution < 1.29 is 0 Å². The van der Waals surface area contributed by atoms with E-state index in [4.69, 9.17) is 0 Å². The first kappa shape index (κ1) is 7.61. The zero-order valence-electron chi connectivity index (χ0n) is 7.13. The topological polar surface area (TPSA) is 49.8 Å². The van der Waals surface area contributed by atoms with E-state index in [1.165, 1.54) is 4.68 Å². The predicted molar refractivity (Wildman–Crippen MR) is 46.3 cm³/mol. The van der Waals surface area contributed by atoms with Crippen LogP contribution in [0.3, 0.4) is 0 Å². The second kappa shape index (κ2) is 2.79. The van der Waals surface area contributed by atoms with Crippen molar-refractivity contribution in [3.05, 3.63) is 22.1 Å². The Bertz CT molecular complexity index is 319. The molecule has 1 aromatic heterocycles. The van der Waals surface area contributed by atoms with Crippen LogP contribution in [0.5, 0.6) is 0 Å². The lowest BCUT2D eigenvalue weighted by Crippen LogP contribution is -2.10. The maximum Gasteiger partial charge on any atom is 0.266 e. The van der Waals surface area contributed by atoms with Crippen molar-refractivity contribution in [2.75, 3.05) is 13.1 Å². The number of nitrogens with one attached hydrogen (secondary N) is 2. The Morgan fingerprint density at radius 2 is 2.50 bits per heavy atom. The van der Waals surface area contributed by atoms with Crippen LogP contribution in [0.2, 0.25) is 0 Å². The summed E-state index contributed by atoms with van der Waals surface area (Å²) < 4.78 is 1.52. The molecule has 66 valence electrons. The summed E-state index contributed by atoms with van der Waals surface area (Å²) in [5.41, 5.74) is 1.12. The summed E-state index contributed by atoms with van der Waals surface area (Å²) in [7, 11) is 1.74. The highest BCUT2D eigenvalue weighted by Crippen LogP contribution is 2.18. The van der Waals surface area contributed by atoms with Crippen LogP contribution >= 0.6 is 0 Å². The van der Waals surface area contributed by atoms with Gasteiger partial charge < -0.3 is 5.32 Å². The molecule has 0 radical (unpaired) electrons. The number of aromatic nitrogens is 2. The van der Waals surface area contributed by atoms with E-state index in [9.17, 15) is 4.79 Å². The van der Waals surface area contributed by atoms with E-state index in [2.05, 4.69) is 10.4 Å². The summed E-state index contributed by atoms with van der Waals surface area (Å²) in [6.45, 7) is 2.04. The van der Waals surface area contributed by atoms with Crippen molar-refractivity contribution in [1.29, 1.82) is 0 Å². The molecule has 0 unspecified atom stereocenters. The fraction of sp³-hybridized carbons (Fsp3) is 0.625. The second-order valence-corrected chi connectivity index (χ2v) is 3.30. The van der Waals surface area contributed by atoms with E-state index in [0.717, 1.165) is 25.2 Å². The van der Waals surface area contributed by atoms with E-state index in [-0.39, 0.29) is 5.56 Å². The van der Waals surface area contributed by atoms with E-state index >= 15 is 0 Å². The molecule has 2 heterocycles. The monoisotopic (exact) mass is 167 g/mol. The molecule has 0 amide bonds. The zero-order valence-corrected chi connectivity index (χ0v) is 7.13. The van der Waals surface area contributed by atoms with Crippen LogP contribution < -0.4 is 10.9 Å². The first-order valence-corrected chi connectivity index (χ1v) is 4.24. The average molecular weight is 167 g/mol. The van der Waals surface area contributed by atoms with E-state index < -0.39 is 0 Å². The summed E-state index contributed by atoms with van der Waals surface area (Å²) in [6, 6.07) is 1.69. The predicted octanol–water partition coefficient (Wildman–Crippen LogP) is -0.210. The number of hydrogen-bond donors (Lipinski definition) is 2. The van der Waals surface area contributed by atoms with Gasteiger partial charge in [0.15, 0.2) is 0 Å². The van der Waals surface area contributed by atoms with Gasteiger partial charge in [-0.15, -0.1) is 0 Å². The Labute approximate surface area is 70.6 Å². The standard InChI is InChI=1S/C8H13N3O/c1-11-8(12)4-7(10-11)6-2-3-9-5-6/h4,6,9-10H,2-3,5H2,1H3/t6-/m0/s1. The normalized spacial score (nSPS) is 23.2. The molecule has 0 spiro atoms. The molecule has 4 heteroatoms. The van der Waals surface area contributed by atoms with Gasteiger partial charge >= 0.3 is 0 Å². The summed E-state index contributed by atoms with van der Waals surface area (Å²) >= 11 is 0. The smallest absolute Gasteiger partial charge is 0.266 e. The number of nitrogens with zero attached hydrogens (tertiary/aromatic N) is 1. The number of rotatable bonds is 1. The molecule has 1 saturated heterocycles. The number of hydrogen-bond acceptors (Lipinski definition) is 2. The third-order valence-corrected chi connectivity index (χ3v) is 2.41. The van der Waals surface area contributed by atoms with Gasteiger partial charge in [0, 0.05) is 31.3 Å². The van der Waals surface area contributed by atoms with Gasteiger partial charge in [-0.05, 0) is 13.0 Å². The van der Waals surface area contributed by atoms with Crippen molar-refractivity contribution in [2.24, 2.45) is 7.05 Å². The lowest BCUT2D eigenvalue weighted by atomic mass is 10.1. The van der Waals surface area contributed by atoms with Gasteiger partial charge in [-0.25, -0.2) is 0 Å². The fourth-order valence-corrected chi connectivity index (χ4v) is 1.64. The number of aryl methyl sites for hydroxylation is 1. The lowest BCUT2D eigenvalue weighted by Gasteiger charge is -2.03. The van der Waals surface area contributed by atoms with Crippen molar-refractivity contribution in [1.82, 2.24) is 15.1 Å². The van der Waals surface area contributed by atoms with E-state index in [1.54, 1.807) is 13.1 Å². The van der Waals surface area contributed by atoms with Crippen LogP contribution in [0.4, 0.5) is 0 Å². The summed E-state index contributed by atoms with van der Waals surface area (Å²) in [6.07, 6.45) is 1.12. The lowest BCUT2D eigenvalue weighted by molar-refractivity contribution is 0.671. The van der Waals surface area contributed by atoms with Gasteiger partial charge in [0.05, 0.1) is 0 Å². The largest absolute Gasteiger partial charge is 0.316 e. The molecular weight excluding hydrogens is 154 g/mol. The molecular formula is C8H13N3O. The Morgan fingerprint density at radius 1 is 1.67 bits per heavy atom. The van der Waals surface area contributed by atoms with Crippen molar-refractivity contribution in [3.63, 3.8) is 0 Å². The number of aromatic amines is 1. The van der Waals surface area contributed by atoms with Crippen LogP contribution in [0.15, 0.2) is 10.9 Å². The highest BCUT2D eigenvalue weighted by atomic mass is 16.1. The first-order valence-electron chi connectivity index (χ1n) is 4.24. The van der Waals surface area contributed by atoms with Crippen molar-refractivity contribution in [2.45, 2.75) is 12.3 Å². The second-order valence-electron chi connectivity index (χ2n) is 3.30. The minimum Gasteiger partial charge on any atom is -0.316 e. The molecule has 1 fully saturated rings. The number of H-pyrrole nitrogens is 1. The molecule has 2 rings (SSSR count).